The van der Waals surface area contributed by atoms with E-state index in [1.54, 1.807) is 0 Å². The molecule has 148 valence electrons. The van der Waals surface area contributed by atoms with Gasteiger partial charge in [0, 0.05) is 0 Å². The molecule has 26 heavy (non-hydrogen) atoms. The molecule has 0 aromatic heterocycles. The summed E-state index contributed by atoms with van der Waals surface area (Å²) in [5, 5.41) is 9.53. The number of esters is 1. The van der Waals surface area contributed by atoms with E-state index < -0.39 is 45.4 Å². The topological polar surface area (TPSA) is 101 Å². The van der Waals surface area contributed by atoms with Gasteiger partial charge in [-0.05, 0) is 37.1 Å². The lowest BCUT2D eigenvalue weighted by Crippen LogP contribution is -2.63. The molecule has 0 bridgehead atoms. The fourth-order valence-electron chi connectivity index (χ4n) is 2.02. The molecular weight excluding hydrogens is 398 g/mol. The third kappa shape index (κ3) is 4.38. The first-order valence-corrected chi connectivity index (χ1v) is 8.14. The van der Waals surface area contributed by atoms with Gasteiger partial charge in [0.15, 0.2) is 0 Å². The van der Waals surface area contributed by atoms with Crippen molar-refractivity contribution in [2.75, 3.05) is 5.75 Å². The van der Waals surface area contributed by atoms with Crippen LogP contribution in [0.5, 0.6) is 5.75 Å². The molecule has 0 heterocycles. The third-order valence-corrected chi connectivity index (χ3v) is 4.07. The van der Waals surface area contributed by atoms with Gasteiger partial charge >= 0.3 is 23.9 Å². The van der Waals surface area contributed by atoms with Gasteiger partial charge in [0.2, 0.25) is 0 Å². The first kappa shape index (κ1) is 22.0. The second kappa shape index (κ2) is 6.61. The number of phenolic OH excluding ortho intramolecular Hbond substituents is 1. The van der Waals surface area contributed by atoms with Crippen LogP contribution in [-0.4, -0.2) is 47.8 Å². The summed E-state index contributed by atoms with van der Waals surface area (Å²) < 4.78 is 112. The molecule has 13 heteroatoms. The highest BCUT2D eigenvalue weighted by Crippen LogP contribution is 2.47. The number of phenols is 1. The smallest absolute Gasteiger partial charge is 0.438 e. The van der Waals surface area contributed by atoms with Crippen molar-refractivity contribution in [2.45, 2.75) is 31.8 Å². The Kier molecular flexibility index (Phi) is 5.60. The molecule has 0 unspecified atom stereocenters. The Balaban J connectivity index is 3.53. The first-order chi connectivity index (χ1) is 11.4. The molecule has 0 saturated carbocycles. The van der Waals surface area contributed by atoms with E-state index in [0.29, 0.717) is 0 Å². The predicted molar refractivity (Wildman–Crippen MR) is 74.3 cm³/mol. The van der Waals surface area contributed by atoms with Crippen LogP contribution in [0.4, 0.5) is 26.3 Å². The van der Waals surface area contributed by atoms with E-state index in [1.165, 1.54) is 13.8 Å². The summed E-state index contributed by atoms with van der Waals surface area (Å²) in [5.41, 5.74) is -6.36. The molecule has 0 aliphatic heterocycles. The van der Waals surface area contributed by atoms with Gasteiger partial charge in [-0.1, -0.05) is 0 Å². The number of ether oxygens (including phenoxy) is 1. The number of hydrogen-bond donors (Lipinski definition) is 2. The van der Waals surface area contributed by atoms with Crippen molar-refractivity contribution in [1.82, 2.24) is 0 Å². The quantitative estimate of drug-likeness (QED) is 0.450. The van der Waals surface area contributed by atoms with E-state index in [2.05, 4.69) is 4.74 Å². The van der Waals surface area contributed by atoms with Crippen LogP contribution in [0.3, 0.4) is 0 Å². The number of alkyl halides is 6. The molecule has 0 amide bonds. The second-order valence-electron chi connectivity index (χ2n) is 5.40. The zero-order valence-electron chi connectivity index (χ0n) is 13.1. The van der Waals surface area contributed by atoms with Gasteiger partial charge < -0.3 is 9.84 Å². The summed E-state index contributed by atoms with van der Waals surface area (Å²) in [6.45, 7) is 2.44. The summed E-state index contributed by atoms with van der Waals surface area (Å²) >= 11 is 0. The molecule has 6 nitrogen and oxygen atoms in total. The molecule has 0 radical (unpaired) electrons. The lowest BCUT2D eigenvalue weighted by Gasteiger charge is -2.35. The monoisotopic (exact) mass is 410 g/mol. The molecule has 1 rings (SSSR count). The maximum Gasteiger partial charge on any atom is 0.438 e. The van der Waals surface area contributed by atoms with Crippen LogP contribution in [-0.2, 0) is 14.9 Å². The number of aromatic hydroxyl groups is 1. The number of hydrogen-bond acceptors (Lipinski definition) is 5. The molecule has 2 N–H and O–H groups in total. The number of aryl methyl sites for hydroxylation is 2. The van der Waals surface area contributed by atoms with Gasteiger partial charge in [-0.15, -0.1) is 0 Å². The van der Waals surface area contributed by atoms with Crippen molar-refractivity contribution in [1.29, 1.82) is 0 Å². The van der Waals surface area contributed by atoms with Crippen molar-refractivity contribution < 1.29 is 54.0 Å². The Bertz CT molecular complexity index is 774. The maximum absolute atomic E-state index is 13.1. The minimum Gasteiger partial charge on any atom is -0.507 e. The standard InChI is InChI=1S/C13H12F6O6S/c1-6-3-8(4-7(2)9(6)20)10(21)25-11(12(14,15)16,13(17,18)19)5-26(22,23)24/h3-4,20H,5H2,1-2H3,(H,22,23,24). The summed E-state index contributed by atoms with van der Waals surface area (Å²) in [6, 6.07) is 1.52. The molecule has 0 fully saturated rings. The summed E-state index contributed by atoms with van der Waals surface area (Å²) in [7, 11) is -5.86. The van der Waals surface area contributed by atoms with E-state index in [-0.39, 0.29) is 16.9 Å². The van der Waals surface area contributed by atoms with Gasteiger partial charge in [0.1, 0.15) is 11.5 Å². The SMILES string of the molecule is Cc1cc(C(=O)OC(CS(=O)(=O)O)(C(F)(F)F)C(F)(F)F)cc(C)c1O. The van der Waals surface area contributed by atoms with Crippen LogP contribution >= 0.6 is 0 Å². The van der Waals surface area contributed by atoms with E-state index in [1.807, 2.05) is 0 Å². The lowest BCUT2D eigenvalue weighted by atomic mass is 10.0. The fourth-order valence-corrected chi connectivity index (χ4v) is 2.92. The van der Waals surface area contributed by atoms with Crippen molar-refractivity contribution >= 4 is 16.1 Å². The van der Waals surface area contributed by atoms with Crippen LogP contribution in [0, 0.1) is 13.8 Å². The third-order valence-electron chi connectivity index (χ3n) is 3.30. The lowest BCUT2D eigenvalue weighted by molar-refractivity contribution is -0.356. The highest BCUT2D eigenvalue weighted by Gasteiger charge is 2.76. The van der Waals surface area contributed by atoms with Gasteiger partial charge in [0.05, 0.1) is 5.56 Å². The number of halogens is 6. The zero-order valence-corrected chi connectivity index (χ0v) is 13.9. The Labute approximate surface area is 143 Å². The van der Waals surface area contributed by atoms with Crippen molar-refractivity contribution in [3.8, 4) is 5.75 Å². The average Bonchev–Trinajstić information content (AvgIpc) is 2.39. The molecule has 0 spiro atoms. The van der Waals surface area contributed by atoms with Gasteiger partial charge in [0.25, 0.3) is 10.1 Å². The average molecular weight is 410 g/mol. The Morgan fingerprint density at radius 1 is 1.04 bits per heavy atom. The highest BCUT2D eigenvalue weighted by molar-refractivity contribution is 7.85. The van der Waals surface area contributed by atoms with Crippen molar-refractivity contribution in [3.05, 3.63) is 28.8 Å². The maximum atomic E-state index is 13.1. The predicted octanol–water partition coefficient (Wildman–Crippen LogP) is 2.92. The number of carbonyl (C=O) groups excluding carboxylic acids is 1. The number of carbonyl (C=O) groups is 1. The number of rotatable bonds is 4. The molecular formula is C13H12F6O6S. The Hall–Kier alpha value is -2.02. The van der Waals surface area contributed by atoms with E-state index in [0.717, 1.165) is 12.1 Å². The Morgan fingerprint density at radius 2 is 1.42 bits per heavy atom. The summed E-state index contributed by atoms with van der Waals surface area (Å²) in [6.07, 6.45) is -12.8. The van der Waals surface area contributed by atoms with E-state index >= 15 is 0 Å². The zero-order chi connectivity index (χ0) is 20.7. The highest BCUT2D eigenvalue weighted by atomic mass is 32.2. The van der Waals surface area contributed by atoms with Crippen molar-refractivity contribution in [2.24, 2.45) is 0 Å². The Morgan fingerprint density at radius 3 is 1.73 bits per heavy atom. The summed E-state index contributed by atoms with van der Waals surface area (Å²) in [4.78, 5) is 11.9. The normalized spacial score (nSPS) is 13.6. The van der Waals surface area contributed by atoms with Crippen molar-refractivity contribution in [3.63, 3.8) is 0 Å². The summed E-state index contributed by atoms with van der Waals surface area (Å²) in [5.74, 6) is -5.46. The molecule has 1 aromatic carbocycles. The van der Waals surface area contributed by atoms with E-state index in [9.17, 15) is 44.7 Å². The van der Waals surface area contributed by atoms with E-state index in [4.69, 9.17) is 4.55 Å². The molecule has 0 aliphatic carbocycles. The molecule has 0 saturated heterocycles. The molecule has 0 aliphatic rings. The second-order valence-corrected chi connectivity index (χ2v) is 6.85. The fraction of sp³-hybridized carbons (Fsp3) is 0.462. The minimum absolute atomic E-state index is 0.0450. The molecule has 1 aromatic rings. The van der Waals surface area contributed by atoms with Gasteiger partial charge in [-0.3, -0.25) is 4.55 Å². The van der Waals surface area contributed by atoms with Crippen LogP contribution in [0.1, 0.15) is 21.5 Å². The van der Waals surface area contributed by atoms with Crippen LogP contribution in [0.25, 0.3) is 0 Å². The van der Waals surface area contributed by atoms with Gasteiger partial charge in [-0.25, -0.2) is 4.79 Å². The largest absolute Gasteiger partial charge is 0.507 e. The van der Waals surface area contributed by atoms with Gasteiger partial charge in [-0.2, -0.15) is 34.8 Å². The number of benzene rings is 1. The first-order valence-electron chi connectivity index (χ1n) is 6.53. The minimum atomic E-state index is -6.41. The molecule has 0 atom stereocenters. The van der Waals surface area contributed by atoms with Crippen LogP contribution < -0.4 is 0 Å². The van der Waals surface area contributed by atoms with Crippen LogP contribution in [0.2, 0.25) is 0 Å². The van der Waals surface area contributed by atoms with Crippen LogP contribution in [0.15, 0.2) is 12.1 Å².